The van der Waals surface area contributed by atoms with Gasteiger partial charge in [0.15, 0.2) is 5.17 Å². The standard InChI is InChI=1S/C2H7N5S/c3-1-8-2-4-6-7-5-2/h6-7H,1,3H2,(H,4,5). The van der Waals surface area contributed by atoms with Crippen molar-refractivity contribution in [2.75, 3.05) is 5.88 Å². The van der Waals surface area contributed by atoms with Crippen LogP contribution < -0.4 is 22.2 Å². The molecule has 1 aliphatic rings. The van der Waals surface area contributed by atoms with Gasteiger partial charge in [0.1, 0.15) is 0 Å². The van der Waals surface area contributed by atoms with Crippen LogP contribution in [0.2, 0.25) is 0 Å². The van der Waals surface area contributed by atoms with Crippen molar-refractivity contribution < 1.29 is 0 Å². The predicted octanol–water partition coefficient (Wildman–Crippen LogP) is -1.48. The molecule has 1 heterocycles. The van der Waals surface area contributed by atoms with Gasteiger partial charge in [0.25, 0.3) is 0 Å². The van der Waals surface area contributed by atoms with Crippen LogP contribution in [0.1, 0.15) is 0 Å². The number of hydrogen-bond donors (Lipinski definition) is 4. The Balaban J connectivity index is 2.23. The maximum atomic E-state index is 5.19. The number of hydrogen-bond acceptors (Lipinski definition) is 6. The summed E-state index contributed by atoms with van der Waals surface area (Å²) < 4.78 is 0. The molecular weight excluding hydrogens is 126 g/mol. The number of thioether (sulfide) groups is 1. The average Bonchev–Trinajstić information content (AvgIpc) is 2.19. The van der Waals surface area contributed by atoms with Gasteiger partial charge in [-0.2, -0.15) is 0 Å². The minimum absolute atomic E-state index is 0.537. The first-order valence-electron chi connectivity index (χ1n) is 2.10. The summed E-state index contributed by atoms with van der Waals surface area (Å²) in [6, 6.07) is 0. The maximum Gasteiger partial charge on any atom is 0.198 e. The zero-order chi connectivity index (χ0) is 5.82. The van der Waals surface area contributed by atoms with Gasteiger partial charge >= 0.3 is 0 Å². The van der Waals surface area contributed by atoms with E-state index in [2.05, 4.69) is 21.6 Å². The molecule has 0 atom stereocenters. The second kappa shape index (κ2) is 2.75. The molecule has 1 aliphatic heterocycles. The highest BCUT2D eigenvalue weighted by atomic mass is 32.2. The molecule has 0 unspecified atom stereocenters. The molecule has 0 aromatic rings. The van der Waals surface area contributed by atoms with Gasteiger partial charge < -0.3 is 5.73 Å². The van der Waals surface area contributed by atoms with E-state index in [0.717, 1.165) is 5.17 Å². The summed E-state index contributed by atoms with van der Waals surface area (Å²) in [5, 5.41) is 4.52. The Labute approximate surface area is 51.0 Å². The zero-order valence-electron chi connectivity index (χ0n) is 4.14. The van der Waals surface area contributed by atoms with Gasteiger partial charge in [0.2, 0.25) is 0 Å². The molecule has 0 aromatic heterocycles. The summed E-state index contributed by atoms with van der Waals surface area (Å²) >= 11 is 1.43. The molecule has 8 heavy (non-hydrogen) atoms. The Kier molecular flexibility index (Phi) is 1.95. The van der Waals surface area contributed by atoms with E-state index in [1.807, 2.05) is 0 Å². The summed E-state index contributed by atoms with van der Waals surface area (Å²) in [6.07, 6.45) is 0. The smallest absolute Gasteiger partial charge is 0.198 e. The molecule has 46 valence electrons. The fourth-order valence-corrected chi connectivity index (χ4v) is 0.727. The lowest BCUT2D eigenvalue weighted by Crippen LogP contribution is -2.34. The second-order valence-corrected chi connectivity index (χ2v) is 2.10. The first-order valence-corrected chi connectivity index (χ1v) is 3.08. The fourth-order valence-electron chi connectivity index (χ4n) is 0.335. The minimum Gasteiger partial charge on any atom is -0.322 e. The van der Waals surface area contributed by atoms with E-state index < -0.39 is 0 Å². The summed E-state index contributed by atoms with van der Waals surface area (Å²) in [6.45, 7) is 0. The molecule has 0 aliphatic carbocycles. The number of amidine groups is 1. The first-order chi connectivity index (χ1) is 3.93. The summed E-state index contributed by atoms with van der Waals surface area (Å²) in [7, 11) is 0. The van der Waals surface area contributed by atoms with Gasteiger partial charge in [-0.15, -0.1) is 10.6 Å². The van der Waals surface area contributed by atoms with Crippen LogP contribution in [0.25, 0.3) is 0 Å². The van der Waals surface area contributed by atoms with Crippen molar-refractivity contribution in [3.8, 4) is 0 Å². The largest absolute Gasteiger partial charge is 0.322 e. The highest BCUT2D eigenvalue weighted by Gasteiger charge is 2.00. The van der Waals surface area contributed by atoms with E-state index in [-0.39, 0.29) is 0 Å². The SMILES string of the molecule is NCSC1=NNNN1. The number of rotatable bonds is 1. The molecule has 0 fully saturated rings. The summed E-state index contributed by atoms with van der Waals surface area (Å²) in [5.74, 6) is 0.537. The van der Waals surface area contributed by atoms with Crippen LogP contribution in [0.15, 0.2) is 5.10 Å². The van der Waals surface area contributed by atoms with Crippen LogP contribution in [0.5, 0.6) is 0 Å². The van der Waals surface area contributed by atoms with Gasteiger partial charge in [-0.1, -0.05) is 11.8 Å². The molecule has 0 spiro atoms. The second-order valence-electron chi connectivity index (χ2n) is 1.09. The highest BCUT2D eigenvalue weighted by molar-refractivity contribution is 8.13. The Hall–Kier alpha value is -0.460. The van der Waals surface area contributed by atoms with Gasteiger partial charge in [-0.3, -0.25) is 5.43 Å². The Morgan fingerprint density at radius 3 is 3.12 bits per heavy atom. The van der Waals surface area contributed by atoms with Crippen LogP contribution in [-0.2, 0) is 0 Å². The molecule has 1 rings (SSSR count). The average molecular weight is 133 g/mol. The minimum atomic E-state index is 0.537. The van der Waals surface area contributed by atoms with Crippen molar-refractivity contribution >= 4 is 16.9 Å². The Morgan fingerprint density at radius 2 is 2.62 bits per heavy atom. The van der Waals surface area contributed by atoms with Crippen molar-refractivity contribution in [1.29, 1.82) is 0 Å². The van der Waals surface area contributed by atoms with Crippen molar-refractivity contribution in [1.82, 2.24) is 16.5 Å². The lowest BCUT2D eigenvalue weighted by molar-refractivity contribution is 0.578. The van der Waals surface area contributed by atoms with Gasteiger partial charge in [-0.25, -0.2) is 5.53 Å². The van der Waals surface area contributed by atoms with Crippen molar-refractivity contribution in [3.05, 3.63) is 0 Å². The number of nitrogens with one attached hydrogen (secondary N) is 3. The summed E-state index contributed by atoms with van der Waals surface area (Å²) in [5.41, 5.74) is 13.0. The molecule has 6 heteroatoms. The van der Waals surface area contributed by atoms with Crippen LogP contribution in [0, 0.1) is 0 Å². The Bertz CT molecular complexity index is 101. The van der Waals surface area contributed by atoms with Gasteiger partial charge in [0, 0.05) is 5.88 Å². The van der Waals surface area contributed by atoms with Crippen molar-refractivity contribution in [3.63, 3.8) is 0 Å². The van der Waals surface area contributed by atoms with E-state index in [0.29, 0.717) is 5.88 Å². The molecule has 0 amide bonds. The molecule has 0 radical (unpaired) electrons. The molecule has 0 saturated carbocycles. The molecule has 5 N–H and O–H groups in total. The van der Waals surface area contributed by atoms with E-state index in [1.165, 1.54) is 11.8 Å². The van der Waals surface area contributed by atoms with E-state index >= 15 is 0 Å². The zero-order valence-corrected chi connectivity index (χ0v) is 4.96. The van der Waals surface area contributed by atoms with Crippen LogP contribution in [0.3, 0.4) is 0 Å². The lowest BCUT2D eigenvalue weighted by Gasteiger charge is -1.93. The third-order valence-corrected chi connectivity index (χ3v) is 1.24. The highest BCUT2D eigenvalue weighted by Crippen LogP contribution is 1.96. The van der Waals surface area contributed by atoms with Crippen LogP contribution in [-0.4, -0.2) is 11.0 Å². The van der Waals surface area contributed by atoms with E-state index in [9.17, 15) is 0 Å². The number of nitrogens with zero attached hydrogens (tertiary/aromatic N) is 1. The monoisotopic (exact) mass is 133 g/mol. The predicted molar refractivity (Wildman–Crippen MR) is 33.5 cm³/mol. The summed E-state index contributed by atoms with van der Waals surface area (Å²) in [4.78, 5) is 0. The third-order valence-electron chi connectivity index (χ3n) is 0.603. The number of hydrazine groups is 2. The number of nitrogens with two attached hydrogens (primary N) is 1. The van der Waals surface area contributed by atoms with E-state index in [1.54, 1.807) is 0 Å². The Morgan fingerprint density at radius 1 is 1.75 bits per heavy atom. The maximum absolute atomic E-state index is 5.19. The molecule has 0 saturated heterocycles. The molecule has 5 nitrogen and oxygen atoms in total. The van der Waals surface area contributed by atoms with Crippen molar-refractivity contribution in [2.45, 2.75) is 0 Å². The topological polar surface area (TPSA) is 74.5 Å². The molecule has 0 aromatic carbocycles. The van der Waals surface area contributed by atoms with Gasteiger partial charge in [0.05, 0.1) is 0 Å². The normalized spacial score (nSPS) is 16.9. The quantitative estimate of drug-likeness (QED) is 0.328. The number of hydrazone groups is 1. The third kappa shape index (κ3) is 1.25. The fraction of sp³-hybridized carbons (Fsp3) is 0.500. The van der Waals surface area contributed by atoms with E-state index in [4.69, 9.17) is 5.73 Å². The first kappa shape index (κ1) is 5.67. The van der Waals surface area contributed by atoms with Crippen molar-refractivity contribution in [2.24, 2.45) is 10.8 Å². The van der Waals surface area contributed by atoms with Crippen LogP contribution >= 0.6 is 11.8 Å². The molecular formula is C2H7N5S. The van der Waals surface area contributed by atoms with Crippen LogP contribution in [0.4, 0.5) is 0 Å². The van der Waals surface area contributed by atoms with Gasteiger partial charge in [-0.05, 0) is 0 Å². The molecule has 0 bridgehead atoms. The lowest BCUT2D eigenvalue weighted by atomic mass is 11.3.